The number of pyridine rings is 1. The molecule has 0 radical (unpaired) electrons. The molecule has 3 aromatic carbocycles. The van der Waals surface area contributed by atoms with Crippen molar-refractivity contribution < 1.29 is 9.84 Å². The van der Waals surface area contributed by atoms with E-state index in [4.69, 9.17) is 4.74 Å². The SMILES string of the molecule is OC(CCc1ccccc1)c1ccc(OCc2ccc3ccccc3n2)cc1. The van der Waals surface area contributed by atoms with Crippen LogP contribution in [-0.4, -0.2) is 10.1 Å². The van der Waals surface area contributed by atoms with Crippen LogP contribution in [0.3, 0.4) is 0 Å². The molecular weight excluding hydrogens is 346 g/mol. The molecule has 0 aliphatic rings. The van der Waals surface area contributed by atoms with Gasteiger partial charge < -0.3 is 9.84 Å². The molecule has 0 amide bonds. The van der Waals surface area contributed by atoms with E-state index in [0.29, 0.717) is 13.0 Å². The number of nitrogens with zero attached hydrogens (tertiary/aromatic N) is 1. The Morgan fingerprint density at radius 1 is 0.786 bits per heavy atom. The summed E-state index contributed by atoms with van der Waals surface area (Å²) < 4.78 is 5.86. The number of aryl methyl sites for hydroxylation is 1. The molecule has 3 heteroatoms. The Kier molecular flexibility index (Phi) is 5.64. The molecule has 4 aromatic rings. The molecule has 4 rings (SSSR count). The van der Waals surface area contributed by atoms with Gasteiger partial charge in [0.05, 0.1) is 17.3 Å². The van der Waals surface area contributed by atoms with E-state index in [1.165, 1.54) is 5.56 Å². The standard InChI is InChI=1S/C25H23NO2/c27-25(17-10-19-6-2-1-3-7-19)21-12-15-23(16-13-21)28-18-22-14-11-20-8-4-5-9-24(20)26-22/h1-9,11-16,25,27H,10,17-18H2. The average molecular weight is 369 g/mol. The van der Waals surface area contributed by atoms with Crippen molar-refractivity contribution in [1.82, 2.24) is 4.98 Å². The Balaban J connectivity index is 1.33. The average Bonchev–Trinajstić information content (AvgIpc) is 2.77. The number of hydrogen-bond donors (Lipinski definition) is 1. The number of aliphatic hydroxyl groups excluding tert-OH is 1. The van der Waals surface area contributed by atoms with Crippen LogP contribution in [0.2, 0.25) is 0 Å². The minimum Gasteiger partial charge on any atom is -0.487 e. The van der Waals surface area contributed by atoms with Crippen molar-refractivity contribution in [2.45, 2.75) is 25.6 Å². The molecule has 140 valence electrons. The summed E-state index contributed by atoms with van der Waals surface area (Å²) in [5.74, 6) is 0.772. The van der Waals surface area contributed by atoms with E-state index in [0.717, 1.165) is 34.3 Å². The predicted molar refractivity (Wildman–Crippen MR) is 112 cm³/mol. The minimum atomic E-state index is -0.476. The highest BCUT2D eigenvalue weighted by Crippen LogP contribution is 2.22. The van der Waals surface area contributed by atoms with E-state index in [1.54, 1.807) is 0 Å². The number of benzene rings is 3. The molecule has 0 spiro atoms. The molecule has 0 aliphatic carbocycles. The lowest BCUT2D eigenvalue weighted by Gasteiger charge is -2.12. The monoisotopic (exact) mass is 369 g/mol. The van der Waals surface area contributed by atoms with Gasteiger partial charge in [-0.15, -0.1) is 0 Å². The van der Waals surface area contributed by atoms with Crippen molar-refractivity contribution in [3.63, 3.8) is 0 Å². The van der Waals surface area contributed by atoms with Crippen LogP contribution in [0.25, 0.3) is 10.9 Å². The Morgan fingerprint density at radius 3 is 2.36 bits per heavy atom. The lowest BCUT2D eigenvalue weighted by molar-refractivity contribution is 0.167. The first-order valence-electron chi connectivity index (χ1n) is 9.57. The molecule has 1 aromatic heterocycles. The molecule has 1 unspecified atom stereocenters. The van der Waals surface area contributed by atoms with E-state index >= 15 is 0 Å². The Hall–Kier alpha value is -3.17. The number of aliphatic hydroxyl groups is 1. The first-order chi connectivity index (χ1) is 13.8. The summed E-state index contributed by atoms with van der Waals surface area (Å²) >= 11 is 0. The van der Waals surface area contributed by atoms with Crippen LogP contribution >= 0.6 is 0 Å². The van der Waals surface area contributed by atoms with Gasteiger partial charge >= 0.3 is 0 Å². The quantitative estimate of drug-likeness (QED) is 0.469. The maximum atomic E-state index is 10.4. The predicted octanol–water partition coefficient (Wildman–Crippen LogP) is 5.48. The fourth-order valence-corrected chi connectivity index (χ4v) is 3.25. The lowest BCUT2D eigenvalue weighted by Crippen LogP contribution is -2.01. The molecule has 3 nitrogen and oxygen atoms in total. The normalized spacial score (nSPS) is 12.0. The van der Waals surface area contributed by atoms with Crippen LogP contribution < -0.4 is 4.74 Å². The molecule has 1 heterocycles. The van der Waals surface area contributed by atoms with Crippen LogP contribution in [0.4, 0.5) is 0 Å². The fourth-order valence-electron chi connectivity index (χ4n) is 3.25. The number of ether oxygens (including phenoxy) is 1. The fraction of sp³-hybridized carbons (Fsp3) is 0.160. The summed E-state index contributed by atoms with van der Waals surface area (Å²) in [4.78, 5) is 4.62. The van der Waals surface area contributed by atoms with Crippen molar-refractivity contribution in [2.75, 3.05) is 0 Å². The zero-order chi connectivity index (χ0) is 19.2. The summed E-state index contributed by atoms with van der Waals surface area (Å²) in [6.07, 6.45) is 1.08. The molecule has 0 fully saturated rings. The van der Waals surface area contributed by atoms with Crippen LogP contribution in [0.1, 0.15) is 29.3 Å². The van der Waals surface area contributed by atoms with E-state index in [1.807, 2.05) is 66.7 Å². The van der Waals surface area contributed by atoms with E-state index in [9.17, 15) is 5.11 Å². The summed E-state index contributed by atoms with van der Waals surface area (Å²) in [5.41, 5.74) is 4.02. The Labute approximate surface area is 165 Å². The number of hydrogen-bond acceptors (Lipinski definition) is 3. The van der Waals surface area contributed by atoms with Crippen molar-refractivity contribution in [3.05, 3.63) is 108 Å². The highest BCUT2D eigenvalue weighted by atomic mass is 16.5. The van der Waals surface area contributed by atoms with Crippen LogP contribution in [0, 0.1) is 0 Å². The van der Waals surface area contributed by atoms with Crippen molar-refractivity contribution in [3.8, 4) is 5.75 Å². The van der Waals surface area contributed by atoms with E-state index < -0.39 is 6.10 Å². The molecule has 0 saturated heterocycles. The van der Waals surface area contributed by atoms with Gasteiger partial charge in [-0.3, -0.25) is 0 Å². The molecule has 28 heavy (non-hydrogen) atoms. The highest BCUT2D eigenvalue weighted by molar-refractivity contribution is 5.78. The number of fused-ring (bicyclic) bond motifs is 1. The van der Waals surface area contributed by atoms with Crippen LogP contribution in [0.5, 0.6) is 5.75 Å². The lowest BCUT2D eigenvalue weighted by atomic mass is 10.0. The molecular formula is C25H23NO2. The molecule has 0 bridgehead atoms. The molecule has 0 saturated carbocycles. The maximum absolute atomic E-state index is 10.4. The Bertz CT molecular complexity index is 1030. The molecule has 1 N–H and O–H groups in total. The van der Waals surface area contributed by atoms with Gasteiger partial charge in [-0.25, -0.2) is 4.98 Å². The first kappa shape index (κ1) is 18.2. The smallest absolute Gasteiger partial charge is 0.130 e. The second-order valence-corrected chi connectivity index (χ2v) is 6.89. The van der Waals surface area contributed by atoms with Gasteiger partial charge in [-0.05, 0) is 48.2 Å². The van der Waals surface area contributed by atoms with Gasteiger partial charge in [0, 0.05) is 5.39 Å². The third kappa shape index (κ3) is 4.56. The van der Waals surface area contributed by atoms with Crippen LogP contribution in [0.15, 0.2) is 91.0 Å². The number of rotatable bonds is 7. The van der Waals surface area contributed by atoms with Gasteiger partial charge in [-0.2, -0.15) is 0 Å². The summed E-state index contributed by atoms with van der Waals surface area (Å²) in [5, 5.41) is 11.6. The zero-order valence-electron chi connectivity index (χ0n) is 15.7. The second kappa shape index (κ2) is 8.68. The number of para-hydroxylation sites is 1. The van der Waals surface area contributed by atoms with Gasteiger partial charge in [0.1, 0.15) is 12.4 Å². The van der Waals surface area contributed by atoms with Crippen molar-refractivity contribution >= 4 is 10.9 Å². The summed E-state index contributed by atoms with van der Waals surface area (Å²) in [7, 11) is 0. The number of aromatic nitrogens is 1. The van der Waals surface area contributed by atoms with Gasteiger partial charge in [0.25, 0.3) is 0 Å². The molecule has 0 aliphatic heterocycles. The maximum Gasteiger partial charge on any atom is 0.130 e. The summed E-state index contributed by atoms with van der Waals surface area (Å²) in [6.45, 7) is 0.417. The van der Waals surface area contributed by atoms with Crippen LogP contribution in [-0.2, 0) is 13.0 Å². The minimum absolute atomic E-state index is 0.417. The molecule has 1 atom stereocenters. The van der Waals surface area contributed by atoms with Gasteiger partial charge in [-0.1, -0.05) is 66.7 Å². The second-order valence-electron chi connectivity index (χ2n) is 6.89. The summed E-state index contributed by atoms with van der Waals surface area (Å²) in [6, 6.07) is 30.0. The topological polar surface area (TPSA) is 42.4 Å². The van der Waals surface area contributed by atoms with Gasteiger partial charge in [0.15, 0.2) is 0 Å². The van der Waals surface area contributed by atoms with E-state index in [-0.39, 0.29) is 0 Å². The Morgan fingerprint density at radius 2 is 1.54 bits per heavy atom. The first-order valence-corrected chi connectivity index (χ1v) is 9.57. The van der Waals surface area contributed by atoms with Crippen molar-refractivity contribution in [2.24, 2.45) is 0 Å². The highest BCUT2D eigenvalue weighted by Gasteiger charge is 2.08. The van der Waals surface area contributed by atoms with Crippen molar-refractivity contribution in [1.29, 1.82) is 0 Å². The third-order valence-electron chi connectivity index (χ3n) is 4.86. The third-order valence-corrected chi connectivity index (χ3v) is 4.86. The zero-order valence-corrected chi connectivity index (χ0v) is 15.7. The van der Waals surface area contributed by atoms with E-state index in [2.05, 4.69) is 29.2 Å². The van der Waals surface area contributed by atoms with Gasteiger partial charge in [0.2, 0.25) is 0 Å². The largest absolute Gasteiger partial charge is 0.487 e.